The van der Waals surface area contributed by atoms with Crippen molar-refractivity contribution in [1.82, 2.24) is 0 Å². The van der Waals surface area contributed by atoms with E-state index in [4.69, 9.17) is 4.74 Å². The molecular formula is C32H48O4. The number of hydrogen-bond donors (Lipinski definition) is 1. The van der Waals surface area contributed by atoms with Gasteiger partial charge in [-0.25, -0.2) is 4.79 Å². The van der Waals surface area contributed by atoms with Crippen molar-refractivity contribution in [2.75, 3.05) is 0 Å². The molecule has 4 aliphatic carbocycles. The second-order valence-corrected chi connectivity index (χ2v) is 13.7. The first-order valence-corrected chi connectivity index (χ1v) is 14.2. The zero-order valence-electron chi connectivity index (χ0n) is 23.9. The Morgan fingerprint density at radius 1 is 1.08 bits per heavy atom. The molecule has 0 spiro atoms. The van der Waals surface area contributed by atoms with Crippen molar-refractivity contribution in [3.8, 4) is 0 Å². The molecule has 4 aliphatic rings. The monoisotopic (exact) mass is 496 g/mol. The molecular weight excluding hydrogens is 448 g/mol. The number of rotatable bonds is 6. The molecule has 0 bridgehead atoms. The van der Waals surface area contributed by atoms with Gasteiger partial charge in [-0.05, 0) is 103 Å². The van der Waals surface area contributed by atoms with Crippen molar-refractivity contribution < 1.29 is 19.4 Å². The highest BCUT2D eigenvalue weighted by atomic mass is 16.5. The summed E-state index contributed by atoms with van der Waals surface area (Å²) >= 11 is 0. The minimum atomic E-state index is -0.811. The Morgan fingerprint density at radius 2 is 1.78 bits per heavy atom. The van der Waals surface area contributed by atoms with E-state index in [1.807, 2.05) is 6.08 Å². The van der Waals surface area contributed by atoms with E-state index in [0.717, 1.165) is 38.5 Å². The number of ether oxygens (including phenoxy) is 1. The molecule has 0 aromatic rings. The van der Waals surface area contributed by atoms with E-state index in [9.17, 15) is 14.7 Å². The molecule has 4 rings (SSSR count). The summed E-state index contributed by atoms with van der Waals surface area (Å²) in [5.41, 5.74) is 4.11. The predicted octanol–water partition coefficient (Wildman–Crippen LogP) is 7.89. The summed E-state index contributed by atoms with van der Waals surface area (Å²) in [6, 6.07) is 0. The lowest BCUT2D eigenvalue weighted by Crippen LogP contribution is -2.55. The molecule has 0 aromatic heterocycles. The number of aliphatic carboxylic acids is 1. The minimum Gasteiger partial charge on any atom is -0.478 e. The second kappa shape index (κ2) is 9.17. The SMILES string of the molecule is CC(=O)O[C@@H]1CC[C@]2(C)C3=CC[C@]4(C)[C@@H]([C@H](C)CC/C=C(\C)C(=O)O)CC[C@@]4(C)C3=CC[C@H]2C1(C)C. The molecule has 2 saturated carbocycles. The van der Waals surface area contributed by atoms with Crippen LogP contribution in [0.2, 0.25) is 0 Å². The molecule has 0 radical (unpaired) electrons. The van der Waals surface area contributed by atoms with Crippen LogP contribution >= 0.6 is 0 Å². The van der Waals surface area contributed by atoms with Crippen molar-refractivity contribution >= 4 is 11.9 Å². The number of allylic oxidation sites excluding steroid dienone is 5. The fourth-order valence-electron chi connectivity index (χ4n) is 9.19. The van der Waals surface area contributed by atoms with Gasteiger partial charge in [0.15, 0.2) is 0 Å². The fourth-order valence-corrected chi connectivity index (χ4v) is 9.19. The summed E-state index contributed by atoms with van der Waals surface area (Å²) in [5, 5.41) is 9.18. The zero-order valence-corrected chi connectivity index (χ0v) is 23.9. The third-order valence-corrected chi connectivity index (χ3v) is 11.6. The van der Waals surface area contributed by atoms with Crippen LogP contribution in [-0.2, 0) is 14.3 Å². The van der Waals surface area contributed by atoms with Gasteiger partial charge in [-0.15, -0.1) is 0 Å². The first-order valence-electron chi connectivity index (χ1n) is 14.2. The van der Waals surface area contributed by atoms with Gasteiger partial charge >= 0.3 is 11.9 Å². The molecule has 0 unspecified atom stereocenters. The molecule has 200 valence electrons. The van der Waals surface area contributed by atoms with Crippen molar-refractivity contribution in [2.45, 2.75) is 113 Å². The van der Waals surface area contributed by atoms with E-state index >= 15 is 0 Å². The highest BCUT2D eigenvalue weighted by Crippen LogP contribution is 2.71. The van der Waals surface area contributed by atoms with Gasteiger partial charge < -0.3 is 9.84 Å². The average Bonchev–Trinajstić information content (AvgIpc) is 3.07. The Balaban J connectivity index is 1.60. The lowest BCUT2D eigenvalue weighted by molar-refractivity contribution is -0.165. The maximum atomic E-state index is 11.8. The fraction of sp³-hybridized carbons (Fsp3) is 0.750. The summed E-state index contributed by atoms with van der Waals surface area (Å²) in [7, 11) is 0. The third-order valence-electron chi connectivity index (χ3n) is 11.6. The van der Waals surface area contributed by atoms with E-state index in [1.54, 1.807) is 18.1 Å². The Kier molecular flexibility index (Phi) is 6.93. The van der Waals surface area contributed by atoms with Crippen LogP contribution in [0, 0.1) is 39.4 Å². The maximum absolute atomic E-state index is 11.8. The Morgan fingerprint density at radius 3 is 2.42 bits per heavy atom. The lowest BCUT2D eigenvalue weighted by atomic mass is 9.44. The van der Waals surface area contributed by atoms with Gasteiger partial charge in [0.25, 0.3) is 0 Å². The number of carboxylic acids is 1. The van der Waals surface area contributed by atoms with Crippen LogP contribution in [-0.4, -0.2) is 23.1 Å². The Hall–Kier alpha value is -1.84. The van der Waals surface area contributed by atoms with Crippen molar-refractivity contribution in [2.24, 2.45) is 39.4 Å². The Bertz CT molecular complexity index is 1020. The van der Waals surface area contributed by atoms with Gasteiger partial charge in [0, 0.05) is 17.9 Å². The molecule has 0 heterocycles. The van der Waals surface area contributed by atoms with Gasteiger partial charge in [-0.2, -0.15) is 0 Å². The molecule has 4 nitrogen and oxygen atoms in total. The number of carbonyl (C=O) groups is 2. The van der Waals surface area contributed by atoms with Gasteiger partial charge in [0.2, 0.25) is 0 Å². The molecule has 0 aliphatic heterocycles. The summed E-state index contributed by atoms with van der Waals surface area (Å²) < 4.78 is 5.83. The van der Waals surface area contributed by atoms with Gasteiger partial charge in [0.05, 0.1) is 0 Å². The first-order chi connectivity index (χ1) is 16.7. The van der Waals surface area contributed by atoms with Gasteiger partial charge in [-0.3, -0.25) is 4.79 Å². The van der Waals surface area contributed by atoms with Crippen LogP contribution in [0.3, 0.4) is 0 Å². The van der Waals surface area contributed by atoms with Crippen LogP contribution in [0.25, 0.3) is 0 Å². The van der Waals surface area contributed by atoms with Crippen LogP contribution in [0.1, 0.15) is 107 Å². The van der Waals surface area contributed by atoms with E-state index in [1.165, 1.54) is 19.8 Å². The topological polar surface area (TPSA) is 63.6 Å². The molecule has 0 amide bonds. The first kappa shape index (κ1) is 27.2. The minimum absolute atomic E-state index is 0.0106. The standard InChI is InChI=1S/C32H48O4/c1-20(10-9-11-21(2)28(34)35)23-14-18-32(8)25-12-13-26-29(4,5)27(36-22(3)33)16-17-30(26,6)24(25)15-19-31(23,32)7/h11-12,15,20,23,26-27H,9-10,13-14,16-19H2,1-8H3,(H,34,35)/b21-11+/t20-,23-,26+,27-,30-,31-,32+/m1/s1. The lowest BCUT2D eigenvalue weighted by Gasteiger charge is -2.61. The maximum Gasteiger partial charge on any atom is 0.330 e. The van der Waals surface area contributed by atoms with Crippen LogP contribution in [0.4, 0.5) is 0 Å². The van der Waals surface area contributed by atoms with Crippen molar-refractivity contribution in [1.29, 1.82) is 0 Å². The second-order valence-electron chi connectivity index (χ2n) is 13.7. The van der Waals surface area contributed by atoms with Crippen LogP contribution in [0.5, 0.6) is 0 Å². The normalized spacial score (nSPS) is 40.2. The third kappa shape index (κ3) is 4.02. The summed E-state index contributed by atoms with van der Waals surface area (Å²) in [6.45, 7) is 17.8. The number of hydrogen-bond acceptors (Lipinski definition) is 3. The molecule has 2 fully saturated rings. The van der Waals surface area contributed by atoms with Gasteiger partial charge in [-0.1, -0.05) is 59.8 Å². The average molecular weight is 497 g/mol. The molecule has 0 saturated heterocycles. The number of fused-ring (bicyclic) bond motifs is 5. The van der Waals surface area contributed by atoms with E-state index in [0.29, 0.717) is 23.3 Å². The largest absolute Gasteiger partial charge is 0.478 e. The molecule has 0 aromatic carbocycles. The quantitative estimate of drug-likeness (QED) is 0.300. The predicted molar refractivity (Wildman–Crippen MR) is 144 cm³/mol. The van der Waals surface area contributed by atoms with Crippen LogP contribution < -0.4 is 0 Å². The summed E-state index contributed by atoms with van der Waals surface area (Å²) in [5.74, 6) is 0.695. The van der Waals surface area contributed by atoms with E-state index < -0.39 is 5.97 Å². The summed E-state index contributed by atoms with van der Waals surface area (Å²) in [6.07, 6.45) is 15.6. The number of esters is 1. The van der Waals surface area contributed by atoms with E-state index in [-0.39, 0.29) is 33.7 Å². The number of carbonyl (C=O) groups excluding carboxylic acids is 1. The smallest absolute Gasteiger partial charge is 0.330 e. The highest BCUT2D eigenvalue weighted by molar-refractivity contribution is 5.85. The van der Waals surface area contributed by atoms with Crippen molar-refractivity contribution in [3.05, 3.63) is 34.9 Å². The molecule has 4 heteroatoms. The molecule has 7 atom stereocenters. The van der Waals surface area contributed by atoms with Crippen LogP contribution in [0.15, 0.2) is 34.9 Å². The van der Waals surface area contributed by atoms with Crippen molar-refractivity contribution in [3.63, 3.8) is 0 Å². The highest BCUT2D eigenvalue weighted by Gasteiger charge is 2.63. The molecule has 1 N–H and O–H groups in total. The zero-order chi connectivity index (χ0) is 26.7. The van der Waals surface area contributed by atoms with E-state index in [2.05, 4.69) is 53.7 Å². The summed E-state index contributed by atoms with van der Waals surface area (Å²) in [4.78, 5) is 23.0. The molecule has 36 heavy (non-hydrogen) atoms. The number of carboxylic acid groups (broad SMARTS) is 1. The van der Waals surface area contributed by atoms with Gasteiger partial charge in [0.1, 0.15) is 6.10 Å². The Labute approximate surface area is 218 Å².